The Morgan fingerprint density at radius 1 is 1.18 bits per heavy atom. The number of anilines is 5. The van der Waals surface area contributed by atoms with Gasteiger partial charge in [-0.15, -0.1) is 5.53 Å². The molecule has 0 bridgehead atoms. The minimum absolute atomic E-state index is 0.0199. The van der Waals surface area contributed by atoms with E-state index in [1.165, 1.54) is 6.07 Å². The molecule has 34 heavy (non-hydrogen) atoms. The van der Waals surface area contributed by atoms with Crippen LogP contribution in [0.4, 0.5) is 29.0 Å². The van der Waals surface area contributed by atoms with Crippen LogP contribution in [0.3, 0.4) is 0 Å². The molecule has 0 spiro atoms. The highest BCUT2D eigenvalue weighted by Gasteiger charge is 2.35. The molecule has 2 atom stereocenters. The monoisotopic (exact) mass is 488 g/mol. The number of nitrogens with one attached hydrogen (secondary N) is 3. The van der Waals surface area contributed by atoms with E-state index in [-0.39, 0.29) is 34.8 Å². The molecule has 11 heteroatoms. The normalized spacial score (nSPS) is 20.1. The van der Waals surface area contributed by atoms with Crippen LogP contribution in [0.15, 0.2) is 18.2 Å². The Labute approximate surface area is 204 Å². The molecule has 1 aromatic carbocycles. The number of hydrogen-bond acceptors (Lipinski definition) is 9. The fraction of sp³-hybridized carbons (Fsp3) is 0.522. The van der Waals surface area contributed by atoms with Crippen molar-refractivity contribution in [2.24, 2.45) is 5.73 Å². The van der Waals surface area contributed by atoms with Gasteiger partial charge in [-0.1, -0.05) is 24.4 Å². The first kappa shape index (κ1) is 24.3. The van der Waals surface area contributed by atoms with Crippen molar-refractivity contribution in [3.63, 3.8) is 0 Å². The highest BCUT2D eigenvalue weighted by molar-refractivity contribution is 6.33. The topological polar surface area (TPSA) is 132 Å². The number of halogens is 1. The van der Waals surface area contributed by atoms with Gasteiger partial charge in [-0.2, -0.15) is 9.97 Å². The van der Waals surface area contributed by atoms with E-state index in [0.29, 0.717) is 17.5 Å². The summed E-state index contributed by atoms with van der Waals surface area (Å²) >= 11 is 6.07. The van der Waals surface area contributed by atoms with Gasteiger partial charge in [0.2, 0.25) is 5.95 Å². The van der Waals surface area contributed by atoms with Gasteiger partial charge >= 0.3 is 5.97 Å². The number of fused-ring (bicyclic) bond motifs is 1. The number of nitrogens with two attached hydrogens (primary N) is 1. The van der Waals surface area contributed by atoms with E-state index in [1.54, 1.807) is 12.1 Å². The average Bonchev–Trinajstić information content (AvgIpc) is 3.17. The summed E-state index contributed by atoms with van der Waals surface area (Å²) in [4.78, 5) is 21.3. The van der Waals surface area contributed by atoms with Gasteiger partial charge in [-0.25, -0.2) is 4.79 Å². The maximum atomic E-state index is 11.6. The van der Waals surface area contributed by atoms with Crippen LogP contribution in [0.1, 0.15) is 63.7 Å². The first-order valence-corrected chi connectivity index (χ1v) is 12.1. The third-order valence-electron chi connectivity index (χ3n) is 6.18. The lowest BCUT2D eigenvalue weighted by atomic mass is 9.91. The molecule has 0 amide bonds. The fourth-order valence-electron chi connectivity index (χ4n) is 4.34. The van der Waals surface area contributed by atoms with E-state index in [1.807, 2.05) is 10.0 Å². The van der Waals surface area contributed by atoms with E-state index in [2.05, 4.69) is 43.9 Å². The van der Waals surface area contributed by atoms with Crippen molar-refractivity contribution in [3.05, 3.63) is 28.8 Å². The zero-order valence-corrected chi connectivity index (χ0v) is 20.7. The summed E-state index contributed by atoms with van der Waals surface area (Å²) in [5, 5.41) is 20.4. The largest absolute Gasteiger partial charge is 0.478 e. The average molecular weight is 489 g/mol. The van der Waals surface area contributed by atoms with Gasteiger partial charge < -0.3 is 21.5 Å². The molecule has 1 saturated carbocycles. The van der Waals surface area contributed by atoms with Crippen LogP contribution in [-0.2, 0) is 0 Å². The van der Waals surface area contributed by atoms with Crippen LogP contribution in [-0.4, -0.2) is 45.2 Å². The number of aromatic nitrogens is 2. The SMILES string of the molecule is CC(C)N1NN(C(C)C)c2c(Nc3ccc(Cl)c(C(=O)O)c3)nc(NC3CCCCC3N)nc21. The van der Waals surface area contributed by atoms with Crippen LogP contribution >= 0.6 is 11.6 Å². The number of hydrogen-bond donors (Lipinski definition) is 5. The van der Waals surface area contributed by atoms with E-state index < -0.39 is 5.97 Å². The molecular formula is C23H33ClN8O2. The van der Waals surface area contributed by atoms with E-state index in [9.17, 15) is 9.90 Å². The predicted molar refractivity (Wildman–Crippen MR) is 136 cm³/mol. The Kier molecular flexibility index (Phi) is 7.01. The summed E-state index contributed by atoms with van der Waals surface area (Å²) < 4.78 is 0. The zero-order chi connectivity index (χ0) is 24.6. The second-order valence-electron chi connectivity index (χ2n) is 9.42. The van der Waals surface area contributed by atoms with Crippen LogP contribution < -0.4 is 31.9 Å². The van der Waals surface area contributed by atoms with Gasteiger partial charge in [-0.3, -0.25) is 10.0 Å². The van der Waals surface area contributed by atoms with Gasteiger partial charge in [0, 0.05) is 29.9 Å². The lowest BCUT2D eigenvalue weighted by Crippen LogP contribution is -2.50. The van der Waals surface area contributed by atoms with Crippen LogP contribution in [0.5, 0.6) is 0 Å². The van der Waals surface area contributed by atoms with E-state index in [4.69, 9.17) is 27.3 Å². The molecule has 184 valence electrons. The van der Waals surface area contributed by atoms with E-state index in [0.717, 1.165) is 37.2 Å². The van der Waals surface area contributed by atoms with Crippen molar-refractivity contribution in [2.45, 2.75) is 77.5 Å². The fourth-order valence-corrected chi connectivity index (χ4v) is 4.54. The molecule has 2 aromatic rings. The smallest absolute Gasteiger partial charge is 0.337 e. The molecule has 2 aliphatic rings. The summed E-state index contributed by atoms with van der Waals surface area (Å²) in [5.41, 5.74) is 11.2. The van der Waals surface area contributed by atoms with Crippen molar-refractivity contribution >= 4 is 46.5 Å². The summed E-state index contributed by atoms with van der Waals surface area (Å²) in [7, 11) is 0. The Balaban J connectivity index is 1.78. The van der Waals surface area contributed by atoms with Crippen LogP contribution in [0, 0.1) is 0 Å². The van der Waals surface area contributed by atoms with Gasteiger partial charge in [-0.05, 0) is 58.7 Å². The van der Waals surface area contributed by atoms with Crippen LogP contribution in [0.2, 0.25) is 5.02 Å². The predicted octanol–water partition coefficient (Wildman–Crippen LogP) is 4.12. The Hall–Kier alpha value is -2.82. The molecule has 1 aliphatic carbocycles. The summed E-state index contributed by atoms with van der Waals surface area (Å²) in [6.07, 6.45) is 4.18. The minimum atomic E-state index is -1.09. The number of carboxylic acids is 1. The summed E-state index contributed by atoms with van der Waals surface area (Å²) in [6, 6.07) is 5.18. The van der Waals surface area contributed by atoms with E-state index >= 15 is 0 Å². The maximum absolute atomic E-state index is 11.6. The minimum Gasteiger partial charge on any atom is -0.478 e. The van der Waals surface area contributed by atoms with Crippen molar-refractivity contribution in [3.8, 4) is 0 Å². The van der Waals surface area contributed by atoms with Gasteiger partial charge in [0.05, 0.1) is 10.6 Å². The summed E-state index contributed by atoms with van der Waals surface area (Å²) in [5.74, 6) is 0.682. The highest BCUT2D eigenvalue weighted by Crippen LogP contribution is 2.41. The molecule has 2 unspecified atom stereocenters. The molecule has 6 N–H and O–H groups in total. The standard InChI is InChI=1S/C23H33ClN8O2/c1-12(2)31-19-20(26-14-9-10-16(24)15(11-14)22(33)34)28-23(27-18-8-6-5-7-17(18)25)29-21(19)32(30-31)13(3)4/h9-13,17-18,30H,5-8,25H2,1-4H3,(H,33,34)(H2,26,27,28,29). The van der Waals surface area contributed by atoms with Gasteiger partial charge in [0.25, 0.3) is 0 Å². The number of rotatable bonds is 7. The van der Waals surface area contributed by atoms with Crippen molar-refractivity contribution < 1.29 is 9.90 Å². The van der Waals surface area contributed by atoms with Crippen molar-refractivity contribution in [1.29, 1.82) is 0 Å². The number of aromatic carboxylic acids is 1. The quantitative estimate of drug-likeness (QED) is 0.387. The number of carboxylic acid groups (broad SMARTS) is 1. The molecule has 1 aromatic heterocycles. The third-order valence-corrected chi connectivity index (χ3v) is 6.51. The first-order valence-electron chi connectivity index (χ1n) is 11.7. The number of carbonyl (C=O) groups is 1. The molecule has 0 radical (unpaired) electrons. The molecule has 10 nitrogen and oxygen atoms in total. The van der Waals surface area contributed by atoms with Crippen LogP contribution in [0.25, 0.3) is 0 Å². The molecule has 0 saturated heterocycles. The molecule has 2 heterocycles. The second-order valence-corrected chi connectivity index (χ2v) is 9.83. The Bertz CT molecular complexity index is 1060. The highest BCUT2D eigenvalue weighted by atomic mass is 35.5. The number of nitrogens with zero attached hydrogens (tertiary/aromatic N) is 4. The Morgan fingerprint density at radius 3 is 2.53 bits per heavy atom. The first-order chi connectivity index (χ1) is 16.2. The lowest BCUT2D eigenvalue weighted by molar-refractivity contribution is 0.0697. The summed E-state index contributed by atoms with van der Waals surface area (Å²) in [6.45, 7) is 8.31. The molecule has 1 aliphatic heterocycles. The van der Waals surface area contributed by atoms with Crippen molar-refractivity contribution in [2.75, 3.05) is 20.7 Å². The third kappa shape index (κ3) is 4.84. The zero-order valence-electron chi connectivity index (χ0n) is 20.0. The van der Waals surface area contributed by atoms with Crippen molar-refractivity contribution in [1.82, 2.24) is 15.5 Å². The molecular weight excluding hydrogens is 456 g/mol. The molecule has 4 rings (SSSR count). The molecule has 1 fully saturated rings. The number of hydrazine groups is 2. The maximum Gasteiger partial charge on any atom is 0.337 e. The van der Waals surface area contributed by atoms with Gasteiger partial charge in [0.15, 0.2) is 11.6 Å². The number of benzene rings is 1. The van der Waals surface area contributed by atoms with Gasteiger partial charge in [0.1, 0.15) is 5.69 Å². The lowest BCUT2D eigenvalue weighted by Gasteiger charge is -2.29. The Morgan fingerprint density at radius 2 is 1.88 bits per heavy atom. The second kappa shape index (κ2) is 9.81.